The van der Waals surface area contributed by atoms with Gasteiger partial charge in [0, 0.05) is 11.5 Å². The Kier molecular flexibility index (Phi) is 7.00. The fourth-order valence-corrected chi connectivity index (χ4v) is 1.84. The first-order valence-electron chi connectivity index (χ1n) is 5.31. The van der Waals surface area contributed by atoms with E-state index in [1.807, 2.05) is 29.8 Å². The summed E-state index contributed by atoms with van der Waals surface area (Å²) in [5.41, 5.74) is 1.97. The van der Waals surface area contributed by atoms with E-state index >= 15 is 0 Å². The van der Waals surface area contributed by atoms with E-state index < -0.39 is 6.10 Å². The zero-order valence-electron chi connectivity index (χ0n) is 11.3. The van der Waals surface area contributed by atoms with E-state index in [1.54, 1.807) is 14.0 Å². The molecule has 0 saturated heterocycles. The first-order chi connectivity index (χ1) is 7.61. The smallest absolute Gasteiger partial charge is 1.00 e. The van der Waals surface area contributed by atoms with Gasteiger partial charge in [-0.15, -0.1) is 0 Å². The summed E-state index contributed by atoms with van der Waals surface area (Å²) in [5.74, 6) is 0.805. The maximum Gasteiger partial charge on any atom is 1.00 e. The number of aryl methyl sites for hydroxylation is 1. The van der Waals surface area contributed by atoms with E-state index in [9.17, 15) is 5.11 Å². The van der Waals surface area contributed by atoms with E-state index in [0.717, 1.165) is 22.3 Å². The van der Waals surface area contributed by atoms with E-state index in [1.165, 1.54) is 0 Å². The van der Waals surface area contributed by atoms with Crippen LogP contribution in [0.2, 0.25) is 0 Å². The monoisotopic (exact) mass is 254 g/mol. The third-order valence-electron chi connectivity index (χ3n) is 2.58. The molecule has 1 N–H and O–H groups in total. The summed E-state index contributed by atoms with van der Waals surface area (Å²) in [6.07, 6.45) is -0.409. The molecule has 18 heavy (non-hydrogen) atoms. The molecule has 1 aromatic carbocycles. The molecule has 0 fully saturated rings. The maximum absolute atomic E-state index is 9.41. The molecule has 1 aromatic heterocycles. The Morgan fingerprint density at radius 2 is 2.11 bits per heavy atom. The van der Waals surface area contributed by atoms with Crippen LogP contribution >= 0.6 is 0 Å². The fourth-order valence-electron chi connectivity index (χ4n) is 1.84. The number of hydrogen-bond donors (Lipinski definition) is 1. The summed E-state index contributed by atoms with van der Waals surface area (Å²) < 4.78 is 7.01. The molecule has 2 rings (SSSR count). The van der Waals surface area contributed by atoms with Gasteiger partial charge in [0.1, 0.15) is 5.75 Å². The second kappa shape index (κ2) is 7.19. The Labute approximate surface area is 131 Å². The minimum absolute atomic E-state index is 0. The van der Waals surface area contributed by atoms with Crippen LogP contribution in [0.5, 0.6) is 5.75 Å². The molecule has 4 radical (unpaired) electrons. The molecule has 0 spiro atoms. The van der Waals surface area contributed by atoms with Crippen LogP contribution in [0.15, 0.2) is 18.2 Å². The number of methoxy groups -OCH3 is 1. The molecule has 0 bridgehead atoms. The second-order valence-electron chi connectivity index (χ2n) is 4.00. The van der Waals surface area contributed by atoms with E-state index in [0.29, 0.717) is 6.54 Å². The molecule has 0 aliphatic heterocycles. The first kappa shape index (κ1) is 17.5. The van der Waals surface area contributed by atoms with Crippen molar-refractivity contribution in [2.75, 3.05) is 7.11 Å². The predicted molar refractivity (Wildman–Crippen MR) is 68.5 cm³/mol. The van der Waals surface area contributed by atoms with E-state index in [2.05, 4.69) is 5.10 Å². The van der Waals surface area contributed by atoms with Gasteiger partial charge in [-0.25, -0.2) is 0 Å². The van der Waals surface area contributed by atoms with Crippen molar-refractivity contribution in [1.82, 2.24) is 9.78 Å². The molecule has 6 heteroatoms. The van der Waals surface area contributed by atoms with E-state index in [-0.39, 0.29) is 38.0 Å². The topological polar surface area (TPSA) is 47.3 Å². The average molecular weight is 254 g/mol. The van der Waals surface area contributed by atoms with Gasteiger partial charge in [-0.2, -0.15) is 5.10 Å². The number of rotatable bonds is 3. The van der Waals surface area contributed by atoms with Crippen molar-refractivity contribution in [3.63, 3.8) is 0 Å². The van der Waals surface area contributed by atoms with Crippen LogP contribution in [0.3, 0.4) is 0 Å². The summed E-state index contributed by atoms with van der Waals surface area (Å²) in [4.78, 5) is 0. The Morgan fingerprint density at radius 3 is 2.67 bits per heavy atom. The van der Waals surface area contributed by atoms with Crippen LogP contribution < -0.4 is 34.3 Å². The Bertz CT molecular complexity index is 514. The zero-order chi connectivity index (χ0) is 11.7. The van der Waals surface area contributed by atoms with Crippen LogP contribution in [-0.2, 0) is 6.54 Å². The SMILES string of the molecule is COc1ccc2c(C)nn(CC(C)O)c2c1.[B-].[Na+]. The number of fused-ring (bicyclic) bond motifs is 1. The molecule has 0 aliphatic rings. The van der Waals surface area contributed by atoms with E-state index in [4.69, 9.17) is 4.74 Å². The third-order valence-corrected chi connectivity index (χ3v) is 2.58. The van der Waals surface area contributed by atoms with Crippen molar-refractivity contribution in [3.05, 3.63) is 23.9 Å². The van der Waals surface area contributed by atoms with Crippen LogP contribution in [0.25, 0.3) is 10.9 Å². The van der Waals surface area contributed by atoms with Gasteiger partial charge >= 0.3 is 29.6 Å². The van der Waals surface area contributed by atoms with Gasteiger partial charge < -0.3 is 18.3 Å². The second-order valence-corrected chi connectivity index (χ2v) is 4.00. The molecule has 0 aliphatic carbocycles. The quantitative estimate of drug-likeness (QED) is 0.668. The Balaban J connectivity index is 0.00000144. The number of aliphatic hydroxyl groups excluding tert-OH is 1. The summed E-state index contributed by atoms with van der Waals surface area (Å²) in [7, 11) is 1.64. The molecule has 2 aromatic rings. The zero-order valence-corrected chi connectivity index (χ0v) is 13.3. The maximum atomic E-state index is 9.41. The van der Waals surface area contributed by atoms with Crippen LogP contribution in [-0.4, -0.2) is 36.5 Å². The van der Waals surface area contributed by atoms with Gasteiger partial charge in [0.2, 0.25) is 0 Å². The first-order valence-corrected chi connectivity index (χ1v) is 5.31. The van der Waals surface area contributed by atoms with Crippen LogP contribution in [0.4, 0.5) is 0 Å². The molecular formula is C12H16BN2NaO2. The van der Waals surface area contributed by atoms with Gasteiger partial charge in [0.15, 0.2) is 0 Å². The van der Waals surface area contributed by atoms with Gasteiger partial charge in [0.25, 0.3) is 0 Å². The normalized spacial score (nSPS) is 11.6. The molecule has 1 unspecified atom stereocenters. The number of hydrogen-bond acceptors (Lipinski definition) is 3. The summed E-state index contributed by atoms with van der Waals surface area (Å²) >= 11 is 0. The standard InChI is InChI=1S/C12H16N2O2.B.Na/c1-8(15)7-14-12-6-10(16-3)4-5-11(12)9(2)13-14;;/h4-6,8,15H,7H2,1-3H3;;/q;-1;+1. The number of nitrogens with zero attached hydrogens (tertiary/aromatic N) is 2. The van der Waals surface area contributed by atoms with Crippen molar-refractivity contribution in [1.29, 1.82) is 0 Å². The molecule has 1 atom stereocenters. The van der Waals surface area contributed by atoms with Crippen molar-refractivity contribution in [2.45, 2.75) is 26.5 Å². The van der Waals surface area contributed by atoms with Gasteiger partial charge in [-0.1, -0.05) is 0 Å². The van der Waals surface area contributed by atoms with Crippen molar-refractivity contribution in [2.24, 2.45) is 0 Å². The van der Waals surface area contributed by atoms with Crippen molar-refractivity contribution < 1.29 is 39.4 Å². The van der Waals surface area contributed by atoms with Gasteiger partial charge in [0.05, 0.1) is 31.0 Å². The molecule has 0 amide bonds. The molecule has 1 heterocycles. The largest absolute Gasteiger partial charge is 1.00 e. The van der Waals surface area contributed by atoms with Crippen molar-refractivity contribution in [3.8, 4) is 5.75 Å². The number of aliphatic hydroxyl groups is 1. The third kappa shape index (κ3) is 3.51. The fraction of sp³-hybridized carbons (Fsp3) is 0.417. The van der Waals surface area contributed by atoms with Gasteiger partial charge in [-0.05, 0) is 26.0 Å². The average Bonchev–Trinajstić information content (AvgIpc) is 2.54. The van der Waals surface area contributed by atoms with Crippen LogP contribution in [0, 0.1) is 6.92 Å². The molecule has 0 saturated carbocycles. The number of benzene rings is 1. The molecule has 4 nitrogen and oxygen atoms in total. The van der Waals surface area contributed by atoms with Crippen LogP contribution in [0.1, 0.15) is 12.6 Å². The van der Waals surface area contributed by atoms with Gasteiger partial charge in [-0.3, -0.25) is 4.68 Å². The summed E-state index contributed by atoms with van der Waals surface area (Å²) in [6, 6.07) is 5.86. The minimum Gasteiger partial charge on any atom is -1.00 e. The number of aromatic nitrogens is 2. The van der Waals surface area contributed by atoms with Crippen molar-refractivity contribution >= 4 is 19.3 Å². The Morgan fingerprint density at radius 1 is 1.44 bits per heavy atom. The Hall–Kier alpha value is -0.485. The summed E-state index contributed by atoms with van der Waals surface area (Å²) in [5, 5.41) is 14.9. The minimum atomic E-state index is -0.409. The molecule has 90 valence electrons. The molecular weight excluding hydrogens is 238 g/mol. The predicted octanol–water partition coefficient (Wildman–Crippen LogP) is -1.64. The summed E-state index contributed by atoms with van der Waals surface area (Å²) in [6.45, 7) is 4.22. The number of ether oxygens (including phenoxy) is 1.